The molecule has 0 aromatic heterocycles. The maximum absolute atomic E-state index is 12.8. The zero-order valence-electron chi connectivity index (χ0n) is 20.9. The fourth-order valence-electron chi connectivity index (χ4n) is 3.55. The van der Waals surface area contributed by atoms with Gasteiger partial charge in [-0.05, 0) is 61.6 Å². The van der Waals surface area contributed by atoms with E-state index in [1.165, 1.54) is 11.8 Å². The lowest BCUT2D eigenvalue weighted by Crippen LogP contribution is -2.31. The van der Waals surface area contributed by atoms with Crippen molar-refractivity contribution in [1.29, 1.82) is 0 Å². The molecule has 7 nitrogen and oxygen atoms in total. The van der Waals surface area contributed by atoms with Crippen molar-refractivity contribution in [2.24, 2.45) is 0 Å². The number of nitrogen functional groups attached to an aromatic ring is 1. The summed E-state index contributed by atoms with van der Waals surface area (Å²) in [5.74, 6) is 0.897. The van der Waals surface area contributed by atoms with Gasteiger partial charge in [-0.3, -0.25) is 4.79 Å². The Morgan fingerprint density at radius 3 is 2.39 bits per heavy atom. The van der Waals surface area contributed by atoms with Crippen molar-refractivity contribution < 1.29 is 23.8 Å². The standard InChI is InChI=1S/C28H32N2O5S/c1-4-30(28(32)34-19-20-9-7-6-8-10-20)18-22-17-23(29)12-13-24(22)35-25-15-21(11-14-26(25)36-3)16-27(31)33-5-2/h6-15,17H,4-5,16,18-19,29H2,1-3H3. The van der Waals surface area contributed by atoms with Gasteiger partial charge in [0.1, 0.15) is 18.1 Å². The van der Waals surface area contributed by atoms with E-state index in [1.54, 1.807) is 30.0 Å². The summed E-state index contributed by atoms with van der Waals surface area (Å²) in [7, 11) is 0. The van der Waals surface area contributed by atoms with Crippen molar-refractivity contribution in [2.45, 2.75) is 38.3 Å². The van der Waals surface area contributed by atoms with E-state index in [4.69, 9.17) is 19.9 Å². The predicted molar refractivity (Wildman–Crippen MR) is 142 cm³/mol. The Morgan fingerprint density at radius 2 is 1.69 bits per heavy atom. The summed E-state index contributed by atoms with van der Waals surface area (Å²) in [4.78, 5) is 27.3. The minimum Gasteiger partial charge on any atom is -0.466 e. The number of rotatable bonds is 11. The molecule has 36 heavy (non-hydrogen) atoms. The lowest BCUT2D eigenvalue weighted by Gasteiger charge is -2.22. The maximum atomic E-state index is 12.8. The van der Waals surface area contributed by atoms with Gasteiger partial charge in [-0.2, -0.15) is 0 Å². The number of nitrogens with two attached hydrogens (primary N) is 1. The van der Waals surface area contributed by atoms with E-state index in [1.807, 2.05) is 61.7 Å². The minimum absolute atomic E-state index is 0.157. The molecule has 0 aliphatic rings. The van der Waals surface area contributed by atoms with Crippen molar-refractivity contribution in [1.82, 2.24) is 4.90 Å². The summed E-state index contributed by atoms with van der Waals surface area (Å²) in [6.07, 6.45) is 1.69. The molecule has 0 saturated heterocycles. The van der Waals surface area contributed by atoms with E-state index >= 15 is 0 Å². The summed E-state index contributed by atoms with van der Waals surface area (Å²) in [5, 5.41) is 0. The largest absolute Gasteiger partial charge is 0.466 e. The van der Waals surface area contributed by atoms with Crippen LogP contribution in [0.1, 0.15) is 30.5 Å². The molecule has 1 amide bonds. The highest BCUT2D eigenvalue weighted by molar-refractivity contribution is 7.98. The molecular formula is C28H32N2O5S. The van der Waals surface area contributed by atoms with Gasteiger partial charge in [0, 0.05) is 22.7 Å². The number of anilines is 1. The molecule has 0 fully saturated rings. The van der Waals surface area contributed by atoms with E-state index in [0.717, 1.165) is 21.6 Å². The van der Waals surface area contributed by atoms with Crippen molar-refractivity contribution in [3.8, 4) is 11.5 Å². The summed E-state index contributed by atoms with van der Waals surface area (Å²) in [6.45, 7) is 4.92. The first-order valence-electron chi connectivity index (χ1n) is 11.8. The average molecular weight is 509 g/mol. The fourth-order valence-corrected chi connectivity index (χ4v) is 4.06. The molecule has 0 spiro atoms. The first kappa shape index (κ1) is 26.9. The molecule has 0 unspecified atom stereocenters. The molecule has 0 aliphatic carbocycles. The van der Waals surface area contributed by atoms with E-state index in [0.29, 0.717) is 30.3 Å². The molecule has 0 atom stereocenters. The molecule has 3 aromatic rings. The number of nitrogens with zero attached hydrogens (tertiary/aromatic N) is 1. The first-order chi connectivity index (χ1) is 17.4. The van der Waals surface area contributed by atoms with Gasteiger partial charge in [0.15, 0.2) is 0 Å². The van der Waals surface area contributed by atoms with E-state index in [-0.39, 0.29) is 25.5 Å². The van der Waals surface area contributed by atoms with Crippen LogP contribution in [0, 0.1) is 0 Å². The highest BCUT2D eigenvalue weighted by atomic mass is 32.2. The molecule has 0 heterocycles. The number of hydrogen-bond acceptors (Lipinski definition) is 7. The van der Waals surface area contributed by atoms with E-state index < -0.39 is 6.09 Å². The molecule has 0 radical (unpaired) electrons. The van der Waals surface area contributed by atoms with Crippen molar-refractivity contribution in [2.75, 3.05) is 25.1 Å². The van der Waals surface area contributed by atoms with Crippen LogP contribution in [0.25, 0.3) is 0 Å². The van der Waals surface area contributed by atoms with Crippen molar-refractivity contribution >= 4 is 29.5 Å². The molecule has 190 valence electrons. The van der Waals surface area contributed by atoms with Gasteiger partial charge in [-0.15, -0.1) is 11.8 Å². The van der Waals surface area contributed by atoms with Crippen LogP contribution in [-0.2, 0) is 33.8 Å². The van der Waals surface area contributed by atoms with Crippen LogP contribution in [0.4, 0.5) is 10.5 Å². The third-order valence-electron chi connectivity index (χ3n) is 5.39. The van der Waals surface area contributed by atoms with Crippen LogP contribution in [0.15, 0.2) is 71.6 Å². The highest BCUT2D eigenvalue weighted by Gasteiger charge is 2.18. The topological polar surface area (TPSA) is 91.1 Å². The molecule has 8 heteroatoms. The van der Waals surface area contributed by atoms with Crippen molar-refractivity contribution in [3.05, 3.63) is 83.4 Å². The number of amides is 1. The van der Waals surface area contributed by atoms with Crippen molar-refractivity contribution in [3.63, 3.8) is 0 Å². The van der Waals surface area contributed by atoms with Gasteiger partial charge >= 0.3 is 12.1 Å². The maximum Gasteiger partial charge on any atom is 0.410 e. The van der Waals surface area contributed by atoms with Gasteiger partial charge in [0.25, 0.3) is 0 Å². The molecule has 0 aliphatic heterocycles. The Bertz CT molecular complexity index is 1170. The normalized spacial score (nSPS) is 10.5. The second-order valence-electron chi connectivity index (χ2n) is 7.99. The number of carbonyl (C=O) groups is 2. The second-order valence-corrected chi connectivity index (χ2v) is 8.84. The zero-order valence-corrected chi connectivity index (χ0v) is 21.7. The Hall–Kier alpha value is -3.65. The quantitative estimate of drug-likeness (QED) is 0.192. The van der Waals surface area contributed by atoms with Gasteiger partial charge in [-0.1, -0.05) is 36.4 Å². The first-order valence-corrected chi connectivity index (χ1v) is 13.0. The van der Waals surface area contributed by atoms with Crippen LogP contribution in [0.2, 0.25) is 0 Å². The molecule has 2 N–H and O–H groups in total. The Kier molecular flexibility index (Phi) is 10.1. The second kappa shape index (κ2) is 13.4. The predicted octanol–water partition coefficient (Wildman–Crippen LogP) is 6.05. The number of esters is 1. The summed E-state index contributed by atoms with van der Waals surface area (Å²) >= 11 is 1.54. The fraction of sp³-hybridized carbons (Fsp3) is 0.286. The summed E-state index contributed by atoms with van der Waals surface area (Å²) in [5.41, 5.74) is 9.08. The number of ether oxygens (including phenoxy) is 3. The van der Waals surface area contributed by atoms with Crippen LogP contribution >= 0.6 is 11.8 Å². The highest BCUT2D eigenvalue weighted by Crippen LogP contribution is 2.35. The monoisotopic (exact) mass is 508 g/mol. The Balaban J connectivity index is 1.79. The van der Waals surface area contributed by atoms with Gasteiger partial charge < -0.3 is 24.8 Å². The molecule has 0 saturated carbocycles. The van der Waals surface area contributed by atoms with Gasteiger partial charge in [0.2, 0.25) is 0 Å². The molecule has 3 aromatic carbocycles. The lowest BCUT2D eigenvalue weighted by molar-refractivity contribution is -0.142. The third kappa shape index (κ3) is 7.68. The van der Waals surface area contributed by atoms with Crippen LogP contribution in [0.3, 0.4) is 0 Å². The minimum atomic E-state index is -0.420. The average Bonchev–Trinajstić information content (AvgIpc) is 2.88. The zero-order chi connectivity index (χ0) is 25.9. The Labute approximate surface area is 216 Å². The van der Waals surface area contributed by atoms with Crippen LogP contribution < -0.4 is 10.5 Å². The smallest absolute Gasteiger partial charge is 0.410 e. The van der Waals surface area contributed by atoms with Crippen LogP contribution in [0.5, 0.6) is 11.5 Å². The lowest BCUT2D eigenvalue weighted by atomic mass is 10.1. The SMILES string of the molecule is CCOC(=O)Cc1ccc(SC)c(Oc2ccc(N)cc2CN(CC)C(=O)OCc2ccccc2)c1. The molecule has 0 bridgehead atoms. The third-order valence-corrected chi connectivity index (χ3v) is 6.17. The number of thioether (sulfide) groups is 1. The Morgan fingerprint density at radius 1 is 0.917 bits per heavy atom. The number of hydrogen-bond donors (Lipinski definition) is 1. The summed E-state index contributed by atoms with van der Waals surface area (Å²) in [6, 6.07) is 20.5. The van der Waals surface area contributed by atoms with Gasteiger partial charge in [0.05, 0.1) is 19.6 Å². The van der Waals surface area contributed by atoms with E-state index in [9.17, 15) is 9.59 Å². The van der Waals surface area contributed by atoms with E-state index in [2.05, 4.69) is 0 Å². The number of benzene rings is 3. The van der Waals surface area contributed by atoms with Gasteiger partial charge in [-0.25, -0.2) is 4.79 Å². The van der Waals surface area contributed by atoms with Crippen LogP contribution in [-0.4, -0.2) is 36.4 Å². The molecular weight excluding hydrogens is 476 g/mol. The summed E-state index contributed by atoms with van der Waals surface area (Å²) < 4.78 is 16.9. The molecule has 3 rings (SSSR count). The number of carbonyl (C=O) groups excluding carboxylic acids is 2.